The first kappa shape index (κ1) is 25.0. The third kappa shape index (κ3) is 5.43. The Morgan fingerprint density at radius 3 is 2.80 bits per heavy atom. The van der Waals surface area contributed by atoms with Gasteiger partial charge in [0.15, 0.2) is 0 Å². The summed E-state index contributed by atoms with van der Waals surface area (Å²) in [5, 5.41) is 6.42. The summed E-state index contributed by atoms with van der Waals surface area (Å²) in [6.45, 7) is 7.85. The van der Waals surface area contributed by atoms with Crippen molar-refractivity contribution in [3.05, 3.63) is 65.4 Å². The maximum Gasteiger partial charge on any atom is 0.250 e. The van der Waals surface area contributed by atoms with Gasteiger partial charge < -0.3 is 20.5 Å². The number of nitrogens with two attached hydrogens (primary N) is 1. The van der Waals surface area contributed by atoms with Crippen molar-refractivity contribution in [2.75, 3.05) is 25.0 Å². The Balaban J connectivity index is 1.71. The molecule has 35 heavy (non-hydrogen) atoms. The maximum atomic E-state index is 14.3. The molecule has 2 amide bonds. The average molecular weight is 476 g/mol. The average Bonchev–Trinajstić information content (AvgIpc) is 3.29. The van der Waals surface area contributed by atoms with Gasteiger partial charge in [0, 0.05) is 47.6 Å². The Bertz CT molecular complexity index is 1180. The molecule has 0 spiro atoms. The van der Waals surface area contributed by atoms with Crippen LogP contribution in [-0.4, -0.2) is 43.0 Å². The van der Waals surface area contributed by atoms with Crippen LogP contribution in [0.1, 0.15) is 55.7 Å². The van der Waals surface area contributed by atoms with Crippen molar-refractivity contribution in [1.82, 2.24) is 10.3 Å². The number of unbranched alkanes of at least 4 members (excludes halogenated alkanes) is 1. The number of aromatic amines is 1. The number of carbonyl (C=O) groups excluding carboxylic acids is 2. The minimum Gasteiger partial charge on any atom is -0.361 e. The largest absolute Gasteiger partial charge is 0.361 e. The third-order valence-corrected chi connectivity index (χ3v) is 7.26. The van der Waals surface area contributed by atoms with Crippen LogP contribution >= 0.6 is 0 Å². The van der Waals surface area contributed by atoms with Crippen molar-refractivity contribution >= 4 is 28.4 Å². The maximum absolute atomic E-state index is 14.3. The van der Waals surface area contributed by atoms with E-state index in [4.69, 9.17) is 0 Å². The van der Waals surface area contributed by atoms with E-state index in [1.807, 2.05) is 29.3 Å². The van der Waals surface area contributed by atoms with Gasteiger partial charge in [0.2, 0.25) is 11.8 Å². The lowest BCUT2D eigenvalue weighted by molar-refractivity contribution is -0.632. The molecule has 0 saturated heterocycles. The summed E-state index contributed by atoms with van der Waals surface area (Å²) in [4.78, 5) is 32.4. The van der Waals surface area contributed by atoms with Crippen LogP contribution in [0.15, 0.2) is 48.7 Å². The van der Waals surface area contributed by atoms with Crippen LogP contribution in [0, 0.1) is 12.8 Å². The predicted molar refractivity (Wildman–Crippen MR) is 142 cm³/mol. The van der Waals surface area contributed by atoms with Crippen LogP contribution in [0.25, 0.3) is 10.9 Å². The first-order valence-electron chi connectivity index (χ1n) is 13.0. The molecule has 2 heterocycles. The molecule has 3 aromatic rings. The number of H-pyrrole nitrogens is 1. The topological polar surface area (TPSA) is 81.8 Å². The Kier molecular flexibility index (Phi) is 7.91. The Morgan fingerprint density at radius 1 is 1.23 bits per heavy atom. The molecule has 1 aliphatic rings. The zero-order chi connectivity index (χ0) is 24.9. The van der Waals surface area contributed by atoms with E-state index >= 15 is 0 Å². The summed E-state index contributed by atoms with van der Waals surface area (Å²) in [5.74, 6) is 0.101. The number of fused-ring (bicyclic) bond motifs is 2. The van der Waals surface area contributed by atoms with E-state index in [1.165, 1.54) is 11.1 Å². The van der Waals surface area contributed by atoms with Gasteiger partial charge in [-0.05, 0) is 43.0 Å². The fourth-order valence-corrected chi connectivity index (χ4v) is 5.37. The lowest BCUT2D eigenvalue weighted by Crippen LogP contribution is -2.82. The molecule has 0 radical (unpaired) electrons. The Labute approximate surface area is 208 Å². The van der Waals surface area contributed by atoms with E-state index in [1.54, 1.807) is 0 Å². The molecular weight excluding hydrogens is 436 g/mol. The van der Waals surface area contributed by atoms with Crippen molar-refractivity contribution in [3.8, 4) is 0 Å². The van der Waals surface area contributed by atoms with Gasteiger partial charge in [-0.15, -0.1) is 0 Å². The van der Waals surface area contributed by atoms with Crippen molar-refractivity contribution in [2.24, 2.45) is 5.92 Å². The van der Waals surface area contributed by atoms with Gasteiger partial charge in [-0.2, -0.15) is 0 Å². The Hall–Kier alpha value is -3.12. The molecule has 4 rings (SSSR count). The summed E-state index contributed by atoms with van der Waals surface area (Å²) < 4.78 is 0. The summed E-state index contributed by atoms with van der Waals surface area (Å²) in [6.07, 6.45) is 5.14. The van der Waals surface area contributed by atoms with Crippen LogP contribution in [0.3, 0.4) is 0 Å². The number of nitrogens with zero attached hydrogens (tertiary/aromatic N) is 1. The second kappa shape index (κ2) is 11.1. The van der Waals surface area contributed by atoms with Crippen molar-refractivity contribution in [3.63, 3.8) is 0 Å². The lowest BCUT2D eigenvalue weighted by Gasteiger charge is -2.37. The van der Waals surface area contributed by atoms with Crippen molar-refractivity contribution in [1.29, 1.82) is 0 Å². The normalized spacial score (nSPS) is 17.1. The van der Waals surface area contributed by atoms with Gasteiger partial charge in [0.1, 0.15) is 6.04 Å². The number of aryl methyl sites for hydroxylation is 1. The van der Waals surface area contributed by atoms with Gasteiger partial charge in [-0.1, -0.05) is 56.2 Å². The summed E-state index contributed by atoms with van der Waals surface area (Å²) in [6, 6.07) is 13.8. The monoisotopic (exact) mass is 475 g/mol. The summed E-state index contributed by atoms with van der Waals surface area (Å²) in [5.41, 5.74) is 5.48. The molecule has 1 aliphatic heterocycles. The van der Waals surface area contributed by atoms with Gasteiger partial charge in [-0.25, -0.2) is 0 Å². The highest BCUT2D eigenvalue weighted by molar-refractivity contribution is 6.01. The second-order valence-corrected chi connectivity index (χ2v) is 10.0. The molecule has 186 valence electrons. The fourth-order valence-electron chi connectivity index (χ4n) is 5.37. The van der Waals surface area contributed by atoms with Crippen LogP contribution < -0.4 is 15.5 Å². The first-order chi connectivity index (χ1) is 16.9. The zero-order valence-corrected chi connectivity index (χ0v) is 21.4. The number of nitrogens with one attached hydrogen (secondary N) is 2. The second-order valence-electron chi connectivity index (χ2n) is 10.0. The molecule has 0 aliphatic carbocycles. The highest BCUT2D eigenvalue weighted by atomic mass is 16.2. The molecule has 0 bridgehead atoms. The standard InChI is InChI=1S/C29H38N4O2/c1-5-6-11-27(34)32-28(20(3)24-17-31-25-10-8-7-9-23(24)25)29(35)33-18-21(16-30-4)15-22-14-19(2)12-13-26(22)33/h7-10,12-14,17,20-21,28,30-31H,5-6,11,15-16,18H2,1-4H3,(H,32,34)/p+1/t20?,21-,28?/m1/s1. The number of carbonyl (C=O) groups is 2. The van der Waals surface area contributed by atoms with Crippen molar-refractivity contribution in [2.45, 2.75) is 58.4 Å². The van der Waals surface area contributed by atoms with Crippen LogP contribution in [0.5, 0.6) is 0 Å². The number of rotatable bonds is 9. The van der Waals surface area contributed by atoms with E-state index < -0.39 is 6.04 Å². The third-order valence-electron chi connectivity index (χ3n) is 7.26. The number of anilines is 1. The van der Waals surface area contributed by atoms with E-state index in [2.05, 4.69) is 67.7 Å². The summed E-state index contributed by atoms with van der Waals surface area (Å²) in [7, 11) is 2.08. The molecule has 6 nitrogen and oxygen atoms in total. The minimum absolute atomic E-state index is 0.0291. The summed E-state index contributed by atoms with van der Waals surface area (Å²) >= 11 is 0. The zero-order valence-electron chi connectivity index (χ0n) is 21.4. The number of hydrogen-bond acceptors (Lipinski definition) is 2. The van der Waals surface area contributed by atoms with E-state index in [9.17, 15) is 9.59 Å². The SMILES string of the molecule is CCCCC(=O)NC(C(=O)N1C[C@@H](C[NH2+]C)Cc2cc(C)ccc21)C(C)c1c[nH]c2ccccc12. The van der Waals surface area contributed by atoms with Crippen LogP contribution in [0.2, 0.25) is 0 Å². The number of hydrogen-bond donors (Lipinski definition) is 3. The highest BCUT2D eigenvalue weighted by Crippen LogP contribution is 2.34. The molecule has 0 fully saturated rings. The van der Waals surface area contributed by atoms with Gasteiger partial charge in [-0.3, -0.25) is 9.59 Å². The van der Waals surface area contributed by atoms with Gasteiger partial charge in [0.25, 0.3) is 0 Å². The Morgan fingerprint density at radius 2 is 2.03 bits per heavy atom. The number of benzene rings is 2. The predicted octanol–water partition coefficient (Wildman–Crippen LogP) is 3.65. The molecule has 0 saturated carbocycles. The van der Waals surface area contributed by atoms with Gasteiger partial charge >= 0.3 is 0 Å². The lowest BCUT2D eigenvalue weighted by atomic mass is 9.88. The number of para-hydroxylation sites is 1. The van der Waals surface area contributed by atoms with Gasteiger partial charge in [0.05, 0.1) is 13.6 Å². The number of quaternary nitrogens is 1. The number of aromatic nitrogens is 1. The molecular formula is C29H39N4O2+. The van der Waals surface area contributed by atoms with Crippen LogP contribution in [-0.2, 0) is 16.0 Å². The molecule has 3 atom stereocenters. The number of amides is 2. The van der Waals surface area contributed by atoms with E-state index in [0.29, 0.717) is 18.9 Å². The smallest absolute Gasteiger partial charge is 0.250 e. The minimum atomic E-state index is -0.642. The fraction of sp³-hybridized carbons (Fsp3) is 0.448. The quantitative estimate of drug-likeness (QED) is 0.442. The molecule has 2 unspecified atom stereocenters. The molecule has 4 N–H and O–H groups in total. The first-order valence-corrected chi connectivity index (χ1v) is 13.0. The molecule has 1 aromatic heterocycles. The molecule has 6 heteroatoms. The van der Waals surface area contributed by atoms with Crippen molar-refractivity contribution < 1.29 is 14.9 Å². The van der Waals surface area contributed by atoms with Crippen LogP contribution in [0.4, 0.5) is 5.69 Å². The van der Waals surface area contributed by atoms with E-state index in [0.717, 1.165) is 48.0 Å². The molecule has 2 aromatic carbocycles. The van der Waals surface area contributed by atoms with E-state index in [-0.39, 0.29) is 17.7 Å². The highest BCUT2D eigenvalue weighted by Gasteiger charge is 2.37.